The van der Waals surface area contributed by atoms with E-state index in [2.05, 4.69) is 28.4 Å². The zero-order chi connectivity index (χ0) is 18.2. The Morgan fingerprint density at radius 2 is 1.92 bits per heavy atom. The molecule has 2 N–H and O–H groups in total. The smallest absolute Gasteiger partial charge is 0.271 e. The molecule has 0 aromatic heterocycles. The number of hydrogen-bond donors (Lipinski definition) is 2. The normalized spacial score (nSPS) is 10.9. The van der Waals surface area contributed by atoms with Crippen molar-refractivity contribution in [1.82, 2.24) is 5.43 Å². The van der Waals surface area contributed by atoms with E-state index in [1.54, 1.807) is 18.3 Å². The van der Waals surface area contributed by atoms with Crippen LogP contribution in [0.15, 0.2) is 47.6 Å². The third-order valence-corrected chi connectivity index (χ3v) is 4.05. The van der Waals surface area contributed by atoms with Gasteiger partial charge in [0.1, 0.15) is 0 Å². The molecule has 132 valence electrons. The highest BCUT2D eigenvalue weighted by Gasteiger charge is 2.06. The van der Waals surface area contributed by atoms with Crippen molar-refractivity contribution < 1.29 is 9.90 Å². The molecule has 5 nitrogen and oxygen atoms in total. The lowest BCUT2D eigenvalue weighted by molar-refractivity contribution is 0.0955. The van der Waals surface area contributed by atoms with Crippen LogP contribution in [0.4, 0.5) is 5.69 Å². The fourth-order valence-electron chi connectivity index (χ4n) is 2.52. The van der Waals surface area contributed by atoms with Crippen molar-refractivity contribution >= 4 is 17.8 Å². The zero-order valence-corrected chi connectivity index (χ0v) is 15.0. The van der Waals surface area contributed by atoms with E-state index in [0.29, 0.717) is 12.1 Å². The molecular formula is C20H25N3O2. The predicted molar refractivity (Wildman–Crippen MR) is 102 cm³/mol. The number of nitrogens with zero attached hydrogens (tertiary/aromatic N) is 2. The SMILES string of the molecule is CCN(CCO)c1ccc(/C=N\NC(=O)c2ccc(C)cc2)c(C)c1. The lowest BCUT2D eigenvalue weighted by Gasteiger charge is -2.22. The quantitative estimate of drug-likeness (QED) is 0.602. The van der Waals surface area contributed by atoms with Crippen molar-refractivity contribution in [3.63, 3.8) is 0 Å². The predicted octanol–water partition coefficient (Wildman–Crippen LogP) is 2.89. The van der Waals surface area contributed by atoms with Gasteiger partial charge in [-0.25, -0.2) is 5.43 Å². The third kappa shape index (κ3) is 5.16. The van der Waals surface area contributed by atoms with E-state index in [0.717, 1.165) is 28.9 Å². The maximum Gasteiger partial charge on any atom is 0.271 e. The molecule has 2 aromatic carbocycles. The van der Waals surface area contributed by atoms with Gasteiger partial charge in [0, 0.05) is 24.3 Å². The largest absolute Gasteiger partial charge is 0.395 e. The van der Waals surface area contributed by atoms with Crippen LogP contribution in [-0.2, 0) is 0 Å². The Labute approximate surface area is 149 Å². The Bertz CT molecular complexity index is 739. The van der Waals surface area contributed by atoms with Gasteiger partial charge in [0.25, 0.3) is 5.91 Å². The molecule has 0 aliphatic carbocycles. The first-order chi connectivity index (χ1) is 12.0. The number of rotatable bonds is 7. The molecule has 0 fully saturated rings. The van der Waals surface area contributed by atoms with E-state index in [1.165, 1.54) is 0 Å². The second-order valence-electron chi connectivity index (χ2n) is 5.91. The number of aliphatic hydroxyl groups is 1. The van der Waals surface area contributed by atoms with Gasteiger partial charge in [-0.05, 0) is 56.2 Å². The maximum absolute atomic E-state index is 12.0. The Kier molecular flexibility index (Phi) is 6.71. The van der Waals surface area contributed by atoms with Gasteiger partial charge in [0.05, 0.1) is 12.8 Å². The second kappa shape index (κ2) is 8.99. The fraction of sp³-hybridized carbons (Fsp3) is 0.300. The summed E-state index contributed by atoms with van der Waals surface area (Å²) in [6.07, 6.45) is 1.65. The van der Waals surface area contributed by atoms with E-state index in [4.69, 9.17) is 5.11 Å². The van der Waals surface area contributed by atoms with Crippen LogP contribution in [0.3, 0.4) is 0 Å². The molecule has 0 aliphatic heterocycles. The lowest BCUT2D eigenvalue weighted by Crippen LogP contribution is -2.26. The molecule has 1 amide bonds. The summed E-state index contributed by atoms with van der Waals surface area (Å²) in [5.74, 6) is -0.231. The van der Waals surface area contributed by atoms with Gasteiger partial charge in [-0.15, -0.1) is 0 Å². The van der Waals surface area contributed by atoms with E-state index < -0.39 is 0 Å². The van der Waals surface area contributed by atoms with Gasteiger partial charge in [-0.3, -0.25) is 4.79 Å². The van der Waals surface area contributed by atoms with Crippen LogP contribution < -0.4 is 10.3 Å². The number of likely N-dealkylation sites (N-methyl/N-ethyl adjacent to an activating group) is 1. The summed E-state index contributed by atoms with van der Waals surface area (Å²) in [6, 6.07) is 13.4. The number of hydrazone groups is 1. The molecule has 0 spiro atoms. The van der Waals surface area contributed by atoms with Crippen LogP contribution in [0.1, 0.15) is 34.0 Å². The lowest BCUT2D eigenvalue weighted by atomic mass is 10.1. The number of benzene rings is 2. The van der Waals surface area contributed by atoms with Gasteiger partial charge >= 0.3 is 0 Å². The van der Waals surface area contributed by atoms with Crippen LogP contribution >= 0.6 is 0 Å². The van der Waals surface area contributed by atoms with Gasteiger partial charge in [-0.1, -0.05) is 23.8 Å². The van der Waals surface area contributed by atoms with Crippen LogP contribution in [0.2, 0.25) is 0 Å². The highest BCUT2D eigenvalue weighted by atomic mass is 16.3. The standard InChI is InChI=1S/C20H25N3O2/c1-4-23(11-12-24)19-10-9-18(16(3)13-19)14-21-22-20(25)17-7-5-15(2)6-8-17/h5-10,13-14,24H,4,11-12H2,1-3H3,(H,22,25)/b21-14-. The zero-order valence-electron chi connectivity index (χ0n) is 15.0. The molecule has 0 saturated heterocycles. The van der Waals surface area contributed by atoms with E-state index in [9.17, 15) is 4.79 Å². The van der Waals surface area contributed by atoms with Gasteiger partial charge in [-0.2, -0.15) is 5.10 Å². The average molecular weight is 339 g/mol. The number of anilines is 1. The number of aryl methyl sites for hydroxylation is 2. The topological polar surface area (TPSA) is 64.9 Å². The molecule has 0 unspecified atom stereocenters. The molecule has 0 atom stereocenters. The minimum Gasteiger partial charge on any atom is -0.395 e. The minimum atomic E-state index is -0.231. The highest BCUT2D eigenvalue weighted by Crippen LogP contribution is 2.18. The Morgan fingerprint density at radius 1 is 1.20 bits per heavy atom. The van der Waals surface area contributed by atoms with Gasteiger partial charge in [0.15, 0.2) is 0 Å². The van der Waals surface area contributed by atoms with Crippen molar-refractivity contribution in [3.8, 4) is 0 Å². The van der Waals surface area contributed by atoms with Crippen LogP contribution in [0.5, 0.6) is 0 Å². The molecule has 0 bridgehead atoms. The van der Waals surface area contributed by atoms with Crippen LogP contribution in [0.25, 0.3) is 0 Å². The monoisotopic (exact) mass is 339 g/mol. The summed E-state index contributed by atoms with van der Waals surface area (Å²) >= 11 is 0. The van der Waals surface area contributed by atoms with Crippen molar-refractivity contribution in [2.75, 3.05) is 24.6 Å². The summed E-state index contributed by atoms with van der Waals surface area (Å²) in [7, 11) is 0. The van der Waals surface area contributed by atoms with Crippen LogP contribution in [-0.4, -0.2) is 36.9 Å². The molecular weight excluding hydrogens is 314 g/mol. The van der Waals surface area contributed by atoms with Crippen molar-refractivity contribution in [3.05, 3.63) is 64.7 Å². The molecule has 25 heavy (non-hydrogen) atoms. The Hall–Kier alpha value is -2.66. The number of carbonyl (C=O) groups is 1. The maximum atomic E-state index is 12.0. The number of amides is 1. The summed E-state index contributed by atoms with van der Waals surface area (Å²) < 4.78 is 0. The highest BCUT2D eigenvalue weighted by molar-refractivity contribution is 5.95. The first kappa shape index (κ1) is 18.7. The number of aliphatic hydroxyl groups excluding tert-OH is 1. The summed E-state index contributed by atoms with van der Waals surface area (Å²) in [5, 5.41) is 13.2. The van der Waals surface area contributed by atoms with E-state index in [-0.39, 0.29) is 12.5 Å². The molecule has 2 aromatic rings. The minimum absolute atomic E-state index is 0.126. The fourth-order valence-corrected chi connectivity index (χ4v) is 2.52. The average Bonchev–Trinajstić information content (AvgIpc) is 2.61. The molecule has 2 rings (SSSR count). The molecule has 5 heteroatoms. The van der Waals surface area contributed by atoms with Crippen molar-refractivity contribution in [2.45, 2.75) is 20.8 Å². The second-order valence-corrected chi connectivity index (χ2v) is 5.91. The van der Waals surface area contributed by atoms with E-state index in [1.807, 2.05) is 38.1 Å². The van der Waals surface area contributed by atoms with E-state index >= 15 is 0 Å². The van der Waals surface area contributed by atoms with Gasteiger partial charge < -0.3 is 10.0 Å². The summed E-state index contributed by atoms with van der Waals surface area (Å²) in [4.78, 5) is 14.1. The number of nitrogens with one attached hydrogen (secondary N) is 1. The van der Waals surface area contributed by atoms with Crippen molar-refractivity contribution in [1.29, 1.82) is 0 Å². The first-order valence-electron chi connectivity index (χ1n) is 8.41. The van der Waals surface area contributed by atoms with Crippen molar-refractivity contribution in [2.24, 2.45) is 5.10 Å². The molecule has 0 radical (unpaired) electrons. The Morgan fingerprint density at radius 3 is 2.52 bits per heavy atom. The Balaban J connectivity index is 2.03. The summed E-state index contributed by atoms with van der Waals surface area (Å²) in [6.45, 7) is 7.60. The molecule has 0 saturated carbocycles. The van der Waals surface area contributed by atoms with Gasteiger partial charge in [0.2, 0.25) is 0 Å². The molecule has 0 heterocycles. The third-order valence-electron chi connectivity index (χ3n) is 4.05. The first-order valence-corrected chi connectivity index (χ1v) is 8.41. The number of carbonyl (C=O) groups excluding carboxylic acids is 1. The summed E-state index contributed by atoms with van der Waals surface area (Å²) in [5.41, 5.74) is 7.30. The number of hydrogen-bond acceptors (Lipinski definition) is 4. The molecule has 0 aliphatic rings. The van der Waals surface area contributed by atoms with Crippen LogP contribution in [0, 0.1) is 13.8 Å².